The van der Waals surface area contributed by atoms with Gasteiger partial charge in [0, 0.05) is 6.04 Å². The number of nitrogens with one attached hydrogen (secondary N) is 1. The van der Waals surface area contributed by atoms with Gasteiger partial charge in [0.05, 0.1) is 5.56 Å². The number of para-hydroxylation sites is 1. The Hall–Kier alpha value is -1.51. The predicted octanol–water partition coefficient (Wildman–Crippen LogP) is 3.01. The fourth-order valence-corrected chi connectivity index (χ4v) is 2.51. The summed E-state index contributed by atoms with van der Waals surface area (Å²) < 4.78 is 0. The fraction of sp³-hybridized carbons (Fsp3) is 0.533. The highest BCUT2D eigenvalue weighted by molar-refractivity contribution is 5.97. The molecule has 1 fully saturated rings. The molecule has 0 spiro atoms. The molecule has 1 aliphatic rings. The summed E-state index contributed by atoms with van der Waals surface area (Å²) in [5, 5.41) is 12.9. The lowest BCUT2D eigenvalue weighted by Gasteiger charge is -2.27. The molecule has 0 aromatic heterocycles. The second-order valence-electron chi connectivity index (χ2n) is 5.40. The predicted molar refractivity (Wildman–Crippen MR) is 71.7 cm³/mol. The molecular formula is C15H21NO2. The Labute approximate surface area is 108 Å². The number of amides is 1. The summed E-state index contributed by atoms with van der Waals surface area (Å²) in [4.78, 5) is 12.1. The van der Waals surface area contributed by atoms with Crippen molar-refractivity contribution in [2.75, 3.05) is 0 Å². The highest BCUT2D eigenvalue weighted by Crippen LogP contribution is 2.25. The lowest BCUT2D eigenvalue weighted by molar-refractivity contribution is 0.0920. The van der Waals surface area contributed by atoms with Crippen LogP contribution in [0.2, 0.25) is 0 Å². The maximum atomic E-state index is 12.1. The van der Waals surface area contributed by atoms with Crippen LogP contribution in [0.1, 0.15) is 48.5 Å². The van der Waals surface area contributed by atoms with Crippen molar-refractivity contribution < 1.29 is 9.90 Å². The van der Waals surface area contributed by atoms with E-state index in [0.717, 1.165) is 24.3 Å². The number of hydrogen-bond acceptors (Lipinski definition) is 2. The highest BCUT2D eigenvalue weighted by Gasteiger charge is 2.21. The van der Waals surface area contributed by atoms with Crippen molar-refractivity contribution in [3.05, 3.63) is 29.3 Å². The van der Waals surface area contributed by atoms with Gasteiger partial charge in [-0.25, -0.2) is 0 Å². The lowest BCUT2D eigenvalue weighted by Crippen LogP contribution is -2.37. The minimum absolute atomic E-state index is 0.0965. The zero-order valence-electron chi connectivity index (χ0n) is 11.1. The van der Waals surface area contributed by atoms with E-state index in [1.165, 1.54) is 12.8 Å². The SMILES string of the molecule is Cc1cccc(C(=O)NC2CCC(C)CC2)c1O. The minimum Gasteiger partial charge on any atom is -0.507 e. The van der Waals surface area contributed by atoms with Gasteiger partial charge < -0.3 is 10.4 Å². The third kappa shape index (κ3) is 2.84. The molecule has 1 aromatic rings. The molecule has 3 heteroatoms. The van der Waals surface area contributed by atoms with Gasteiger partial charge in [0.25, 0.3) is 5.91 Å². The molecule has 3 nitrogen and oxygen atoms in total. The van der Waals surface area contributed by atoms with E-state index in [0.29, 0.717) is 5.56 Å². The molecule has 2 N–H and O–H groups in total. The highest BCUT2D eigenvalue weighted by atomic mass is 16.3. The molecule has 0 saturated heterocycles. The zero-order chi connectivity index (χ0) is 13.1. The quantitative estimate of drug-likeness (QED) is 0.844. The normalized spacial score (nSPS) is 23.7. The molecule has 1 aliphatic carbocycles. The summed E-state index contributed by atoms with van der Waals surface area (Å²) in [6.45, 7) is 4.05. The molecule has 1 saturated carbocycles. The molecule has 0 unspecified atom stereocenters. The van der Waals surface area contributed by atoms with Crippen LogP contribution in [0.4, 0.5) is 0 Å². The van der Waals surface area contributed by atoms with E-state index in [2.05, 4.69) is 12.2 Å². The second-order valence-corrected chi connectivity index (χ2v) is 5.40. The Bertz CT molecular complexity index is 434. The van der Waals surface area contributed by atoms with E-state index in [1.807, 2.05) is 0 Å². The monoisotopic (exact) mass is 247 g/mol. The topological polar surface area (TPSA) is 49.3 Å². The van der Waals surface area contributed by atoms with Crippen molar-refractivity contribution in [1.82, 2.24) is 5.32 Å². The number of aryl methyl sites for hydroxylation is 1. The molecule has 2 rings (SSSR count). The van der Waals surface area contributed by atoms with Crippen molar-refractivity contribution in [3.63, 3.8) is 0 Å². The van der Waals surface area contributed by atoms with Gasteiger partial charge in [0.2, 0.25) is 0 Å². The average molecular weight is 247 g/mol. The number of phenols is 1. The van der Waals surface area contributed by atoms with E-state index in [9.17, 15) is 9.90 Å². The van der Waals surface area contributed by atoms with E-state index in [1.54, 1.807) is 25.1 Å². The van der Waals surface area contributed by atoms with Crippen LogP contribution in [0.5, 0.6) is 5.75 Å². The van der Waals surface area contributed by atoms with Crippen molar-refractivity contribution >= 4 is 5.91 Å². The zero-order valence-corrected chi connectivity index (χ0v) is 11.1. The van der Waals surface area contributed by atoms with Crippen molar-refractivity contribution in [2.24, 2.45) is 5.92 Å². The first kappa shape index (κ1) is 12.9. The number of phenolic OH excluding ortho intramolecular Hbond substituents is 1. The summed E-state index contributed by atoms with van der Waals surface area (Å²) in [6.07, 6.45) is 4.43. The molecule has 1 amide bonds. The second kappa shape index (κ2) is 5.42. The third-order valence-corrected chi connectivity index (χ3v) is 3.83. The summed E-state index contributed by atoms with van der Waals surface area (Å²) in [5.41, 5.74) is 1.12. The Morgan fingerprint density at radius 2 is 1.94 bits per heavy atom. The number of hydrogen-bond donors (Lipinski definition) is 2. The molecule has 1 aromatic carbocycles. The van der Waals surface area contributed by atoms with Crippen LogP contribution >= 0.6 is 0 Å². The van der Waals surface area contributed by atoms with Gasteiger partial charge in [-0.15, -0.1) is 0 Å². The number of carbonyl (C=O) groups is 1. The van der Waals surface area contributed by atoms with E-state index < -0.39 is 0 Å². The first-order chi connectivity index (χ1) is 8.58. The van der Waals surface area contributed by atoms with Gasteiger partial charge in [-0.2, -0.15) is 0 Å². The smallest absolute Gasteiger partial charge is 0.255 e. The fourth-order valence-electron chi connectivity index (χ4n) is 2.51. The number of benzene rings is 1. The van der Waals surface area contributed by atoms with Crippen molar-refractivity contribution in [3.8, 4) is 5.75 Å². The average Bonchev–Trinajstić information content (AvgIpc) is 2.35. The number of rotatable bonds is 2. The van der Waals surface area contributed by atoms with Crippen LogP contribution in [0.15, 0.2) is 18.2 Å². The maximum absolute atomic E-state index is 12.1. The van der Waals surface area contributed by atoms with E-state index in [4.69, 9.17) is 0 Å². The Kier molecular flexibility index (Phi) is 3.90. The van der Waals surface area contributed by atoms with Crippen LogP contribution in [0.25, 0.3) is 0 Å². The summed E-state index contributed by atoms with van der Waals surface area (Å²) in [6, 6.07) is 5.53. The first-order valence-corrected chi connectivity index (χ1v) is 6.67. The van der Waals surface area contributed by atoms with Gasteiger partial charge in [0.1, 0.15) is 5.75 Å². The number of aromatic hydroxyl groups is 1. The van der Waals surface area contributed by atoms with Gasteiger partial charge in [-0.1, -0.05) is 19.1 Å². The molecule has 0 heterocycles. The van der Waals surface area contributed by atoms with Crippen LogP contribution in [-0.2, 0) is 0 Å². The standard InChI is InChI=1S/C15H21NO2/c1-10-6-8-12(9-7-10)16-15(18)13-5-3-4-11(2)14(13)17/h3-5,10,12,17H,6-9H2,1-2H3,(H,16,18). The molecule has 18 heavy (non-hydrogen) atoms. The van der Waals surface area contributed by atoms with Gasteiger partial charge >= 0.3 is 0 Å². The van der Waals surface area contributed by atoms with Crippen LogP contribution in [0, 0.1) is 12.8 Å². The summed E-state index contributed by atoms with van der Waals surface area (Å²) >= 11 is 0. The summed E-state index contributed by atoms with van der Waals surface area (Å²) in [7, 11) is 0. The Balaban J connectivity index is 2.01. The van der Waals surface area contributed by atoms with Gasteiger partial charge in [0.15, 0.2) is 0 Å². The molecule has 0 bridgehead atoms. The van der Waals surface area contributed by atoms with Crippen LogP contribution in [0.3, 0.4) is 0 Å². The third-order valence-electron chi connectivity index (χ3n) is 3.83. The van der Waals surface area contributed by atoms with Gasteiger partial charge in [-0.05, 0) is 50.2 Å². The van der Waals surface area contributed by atoms with Crippen molar-refractivity contribution in [2.45, 2.75) is 45.6 Å². The Morgan fingerprint density at radius 1 is 1.28 bits per heavy atom. The van der Waals surface area contributed by atoms with E-state index in [-0.39, 0.29) is 17.7 Å². The van der Waals surface area contributed by atoms with Crippen LogP contribution in [-0.4, -0.2) is 17.1 Å². The summed E-state index contributed by atoms with van der Waals surface area (Å²) in [5.74, 6) is 0.709. The number of carbonyl (C=O) groups excluding carboxylic acids is 1. The minimum atomic E-state index is -0.157. The molecule has 98 valence electrons. The molecule has 0 radical (unpaired) electrons. The molecule has 0 aliphatic heterocycles. The van der Waals surface area contributed by atoms with E-state index >= 15 is 0 Å². The Morgan fingerprint density at radius 3 is 2.61 bits per heavy atom. The largest absolute Gasteiger partial charge is 0.507 e. The van der Waals surface area contributed by atoms with Gasteiger partial charge in [-0.3, -0.25) is 4.79 Å². The maximum Gasteiger partial charge on any atom is 0.255 e. The molecular weight excluding hydrogens is 226 g/mol. The first-order valence-electron chi connectivity index (χ1n) is 6.67. The van der Waals surface area contributed by atoms with Crippen LogP contribution < -0.4 is 5.32 Å². The lowest BCUT2D eigenvalue weighted by atomic mass is 9.87. The van der Waals surface area contributed by atoms with Crippen molar-refractivity contribution in [1.29, 1.82) is 0 Å². The molecule has 0 atom stereocenters.